The molecule has 0 saturated carbocycles. The number of carbonyl (C=O) groups excluding carboxylic acids is 1. The molecule has 2 aromatic heterocycles. The minimum Gasteiger partial charge on any atom is -0.371 e. The molecule has 146 valence electrons. The van der Waals surface area contributed by atoms with Gasteiger partial charge in [-0.2, -0.15) is 0 Å². The fraction of sp³-hybridized carbons (Fsp3) is 0.476. The summed E-state index contributed by atoms with van der Waals surface area (Å²) in [6, 6.07) is 5.40. The summed E-state index contributed by atoms with van der Waals surface area (Å²) in [5.74, 6) is 0.0353. The van der Waals surface area contributed by atoms with Gasteiger partial charge in [0.15, 0.2) is 0 Å². The molecule has 5 nitrogen and oxygen atoms in total. The maximum absolute atomic E-state index is 13.1. The summed E-state index contributed by atoms with van der Waals surface area (Å²) >= 11 is 0. The largest absolute Gasteiger partial charge is 0.371 e. The molecule has 1 amide bonds. The van der Waals surface area contributed by atoms with Crippen molar-refractivity contribution in [3.8, 4) is 0 Å². The summed E-state index contributed by atoms with van der Waals surface area (Å²) in [7, 11) is 0. The Morgan fingerprint density at radius 1 is 1.14 bits per heavy atom. The van der Waals surface area contributed by atoms with E-state index >= 15 is 0 Å². The smallest absolute Gasteiger partial charge is 0.280 e. The first-order chi connectivity index (χ1) is 13.6. The van der Waals surface area contributed by atoms with E-state index in [1.54, 1.807) is 6.07 Å². The highest BCUT2D eigenvalue weighted by Gasteiger charge is 2.35. The van der Waals surface area contributed by atoms with E-state index in [0.717, 1.165) is 25.0 Å². The van der Waals surface area contributed by atoms with Gasteiger partial charge in [0, 0.05) is 37.2 Å². The van der Waals surface area contributed by atoms with Crippen molar-refractivity contribution >= 4 is 11.6 Å². The lowest BCUT2D eigenvalue weighted by Gasteiger charge is -2.22. The van der Waals surface area contributed by atoms with Gasteiger partial charge in [0.05, 0.1) is 18.2 Å². The number of hydrogen-bond acceptors (Lipinski definition) is 4. The van der Waals surface area contributed by atoms with Crippen LogP contribution in [0.2, 0.25) is 0 Å². The van der Waals surface area contributed by atoms with Gasteiger partial charge in [-0.15, -0.1) is 0 Å². The minimum atomic E-state index is -2.59. The van der Waals surface area contributed by atoms with Crippen LogP contribution in [0.3, 0.4) is 0 Å². The maximum atomic E-state index is 13.1. The number of amides is 1. The number of fused-ring (bicyclic) bond motifs is 2. The Kier molecular flexibility index (Phi) is 4.25. The van der Waals surface area contributed by atoms with Crippen molar-refractivity contribution < 1.29 is 13.6 Å². The van der Waals surface area contributed by atoms with Gasteiger partial charge in [-0.3, -0.25) is 14.8 Å². The third kappa shape index (κ3) is 3.02. The average Bonchev–Trinajstić information content (AvgIpc) is 3.43. The monoisotopic (exact) mass is 384 g/mol. The van der Waals surface area contributed by atoms with Crippen LogP contribution in [0, 0.1) is 5.92 Å². The minimum absolute atomic E-state index is 0.107. The van der Waals surface area contributed by atoms with E-state index in [1.807, 2.05) is 9.80 Å². The number of alkyl halides is 2. The normalized spacial score (nSPS) is 20.8. The number of aromatic nitrogens is 2. The van der Waals surface area contributed by atoms with E-state index in [0.29, 0.717) is 31.9 Å². The Balaban J connectivity index is 1.26. The van der Waals surface area contributed by atoms with Crippen molar-refractivity contribution in [2.75, 3.05) is 18.0 Å². The van der Waals surface area contributed by atoms with Gasteiger partial charge in [-0.05, 0) is 48.9 Å². The molecule has 1 fully saturated rings. The lowest BCUT2D eigenvalue weighted by molar-refractivity contribution is -0.135. The maximum Gasteiger partial charge on any atom is 0.280 e. The second-order valence-corrected chi connectivity index (χ2v) is 7.92. The van der Waals surface area contributed by atoms with Crippen molar-refractivity contribution in [2.45, 2.75) is 45.2 Å². The van der Waals surface area contributed by atoms with Gasteiger partial charge in [0.1, 0.15) is 5.69 Å². The van der Waals surface area contributed by atoms with E-state index in [9.17, 15) is 13.6 Å². The third-order valence-electron chi connectivity index (χ3n) is 6.12. The predicted molar refractivity (Wildman–Crippen MR) is 100 cm³/mol. The summed E-state index contributed by atoms with van der Waals surface area (Å²) in [5, 5.41) is 0. The standard InChI is InChI=1S/C21H22F2N4O/c22-20(23)18-9-16(4-6-24-18)26-7-5-14(10-26)21(28)27-11-15-8-13-2-1-3-17(13)25-19(15)12-27/h4,6,8-9,14,20H,1-3,5,7,10-12H2/t14-/m1/s1. The molecular weight excluding hydrogens is 362 g/mol. The first-order valence-electron chi connectivity index (χ1n) is 9.87. The van der Waals surface area contributed by atoms with Crippen molar-refractivity contribution in [1.82, 2.24) is 14.9 Å². The van der Waals surface area contributed by atoms with Crippen LogP contribution in [0.25, 0.3) is 0 Å². The van der Waals surface area contributed by atoms with Crippen molar-refractivity contribution in [1.29, 1.82) is 0 Å². The van der Waals surface area contributed by atoms with Gasteiger partial charge in [-0.1, -0.05) is 6.07 Å². The van der Waals surface area contributed by atoms with Gasteiger partial charge in [0.2, 0.25) is 5.91 Å². The second kappa shape index (κ2) is 6.79. The van der Waals surface area contributed by atoms with Crippen LogP contribution in [-0.2, 0) is 30.7 Å². The number of pyridine rings is 2. The SMILES string of the molecule is O=C([C@@H]1CCN(c2ccnc(C(F)F)c2)C1)N1Cc2cc3c(nc2C1)CCC3. The Labute approximate surface area is 162 Å². The molecular formula is C21H22F2N4O. The van der Waals surface area contributed by atoms with Crippen molar-refractivity contribution in [2.24, 2.45) is 5.92 Å². The highest BCUT2D eigenvalue weighted by molar-refractivity contribution is 5.81. The zero-order valence-corrected chi connectivity index (χ0v) is 15.6. The highest BCUT2D eigenvalue weighted by Crippen LogP contribution is 2.32. The molecule has 0 aromatic carbocycles. The molecule has 1 atom stereocenters. The number of hydrogen-bond donors (Lipinski definition) is 0. The predicted octanol–water partition coefficient (Wildman–Crippen LogP) is 3.27. The first-order valence-corrected chi connectivity index (χ1v) is 9.87. The van der Waals surface area contributed by atoms with E-state index in [-0.39, 0.29) is 17.5 Å². The number of nitrogens with zero attached hydrogens (tertiary/aromatic N) is 4. The van der Waals surface area contributed by atoms with Crippen LogP contribution in [0.4, 0.5) is 14.5 Å². The van der Waals surface area contributed by atoms with Crippen molar-refractivity contribution in [3.05, 3.63) is 52.6 Å². The second-order valence-electron chi connectivity index (χ2n) is 7.92. The lowest BCUT2D eigenvalue weighted by atomic mass is 10.1. The molecule has 1 saturated heterocycles. The van der Waals surface area contributed by atoms with Crippen LogP contribution in [0.5, 0.6) is 0 Å². The fourth-order valence-electron chi connectivity index (χ4n) is 4.64. The van der Waals surface area contributed by atoms with Crippen LogP contribution in [0.1, 0.15) is 47.5 Å². The number of carbonyl (C=O) groups is 1. The lowest BCUT2D eigenvalue weighted by Crippen LogP contribution is -2.33. The zero-order valence-electron chi connectivity index (χ0n) is 15.6. The number of anilines is 1. The average molecular weight is 384 g/mol. The van der Waals surface area contributed by atoms with E-state index < -0.39 is 6.43 Å². The van der Waals surface area contributed by atoms with Crippen LogP contribution in [0.15, 0.2) is 24.4 Å². The molecule has 0 N–H and O–H groups in total. The molecule has 3 aliphatic rings. The van der Waals surface area contributed by atoms with E-state index in [1.165, 1.54) is 35.5 Å². The number of rotatable bonds is 3. The van der Waals surface area contributed by atoms with Crippen LogP contribution in [-0.4, -0.2) is 33.9 Å². The molecule has 2 aromatic rings. The summed E-state index contributed by atoms with van der Waals surface area (Å²) in [5.41, 5.74) is 5.25. The summed E-state index contributed by atoms with van der Waals surface area (Å²) in [4.78, 5) is 25.5. The highest BCUT2D eigenvalue weighted by atomic mass is 19.3. The van der Waals surface area contributed by atoms with Gasteiger partial charge >= 0.3 is 0 Å². The molecule has 0 bridgehead atoms. The molecule has 28 heavy (non-hydrogen) atoms. The Hall–Kier alpha value is -2.57. The Bertz CT molecular complexity index is 900. The molecule has 5 rings (SSSR count). The fourth-order valence-corrected chi connectivity index (χ4v) is 4.64. The third-order valence-corrected chi connectivity index (χ3v) is 6.12. The van der Waals surface area contributed by atoms with E-state index in [2.05, 4.69) is 11.1 Å². The molecule has 0 spiro atoms. The number of aryl methyl sites for hydroxylation is 2. The van der Waals surface area contributed by atoms with Crippen molar-refractivity contribution in [3.63, 3.8) is 0 Å². The van der Waals surface area contributed by atoms with Gasteiger partial charge in [0.25, 0.3) is 6.43 Å². The summed E-state index contributed by atoms with van der Waals surface area (Å²) in [6.45, 7) is 2.47. The molecule has 7 heteroatoms. The molecule has 4 heterocycles. The molecule has 1 aliphatic carbocycles. The van der Waals surface area contributed by atoms with Gasteiger partial charge in [-0.25, -0.2) is 8.78 Å². The topological polar surface area (TPSA) is 49.3 Å². The summed E-state index contributed by atoms with van der Waals surface area (Å²) in [6.07, 6.45) is 2.87. The summed E-state index contributed by atoms with van der Waals surface area (Å²) < 4.78 is 25.8. The Morgan fingerprint density at radius 2 is 2.04 bits per heavy atom. The molecule has 2 aliphatic heterocycles. The Morgan fingerprint density at radius 3 is 2.89 bits per heavy atom. The first kappa shape index (κ1) is 17.5. The molecule has 0 radical (unpaired) electrons. The van der Waals surface area contributed by atoms with E-state index in [4.69, 9.17) is 4.98 Å². The zero-order chi connectivity index (χ0) is 19.3. The van der Waals surface area contributed by atoms with Gasteiger partial charge < -0.3 is 9.80 Å². The van der Waals surface area contributed by atoms with Crippen LogP contribution < -0.4 is 4.90 Å². The quantitative estimate of drug-likeness (QED) is 0.815. The molecule has 0 unspecified atom stereocenters. The number of halogens is 2. The van der Waals surface area contributed by atoms with Crippen LogP contribution >= 0.6 is 0 Å².